The number of nitrogens with zero attached hydrogens (tertiary/aromatic N) is 3. The Hall–Kier alpha value is -4.33. The summed E-state index contributed by atoms with van der Waals surface area (Å²) in [6.45, 7) is 3.18. The van der Waals surface area contributed by atoms with Gasteiger partial charge in [-0.15, -0.1) is 0 Å². The van der Waals surface area contributed by atoms with Gasteiger partial charge in [-0.05, 0) is 55.8 Å². The van der Waals surface area contributed by atoms with E-state index in [9.17, 15) is 19.2 Å². The van der Waals surface area contributed by atoms with E-state index in [2.05, 4.69) is 10.3 Å². The van der Waals surface area contributed by atoms with Crippen LogP contribution in [0.15, 0.2) is 76.4 Å². The molecule has 0 aliphatic carbocycles. The van der Waals surface area contributed by atoms with Crippen molar-refractivity contribution in [2.75, 3.05) is 5.32 Å². The lowest BCUT2D eigenvalue weighted by Crippen LogP contribution is -2.42. The van der Waals surface area contributed by atoms with Crippen LogP contribution in [0.1, 0.15) is 28.4 Å². The largest absolute Gasteiger partial charge is 0.332 e. The van der Waals surface area contributed by atoms with Gasteiger partial charge in [0.1, 0.15) is 6.54 Å². The smallest absolute Gasteiger partial charge is 0.325 e. The molecule has 0 atom stereocenters. The van der Waals surface area contributed by atoms with Crippen LogP contribution in [0.25, 0.3) is 11.0 Å². The van der Waals surface area contributed by atoms with Crippen LogP contribution in [0.2, 0.25) is 0 Å². The van der Waals surface area contributed by atoms with E-state index in [1.54, 1.807) is 36.4 Å². The third-order valence-corrected chi connectivity index (χ3v) is 5.32. The van der Waals surface area contributed by atoms with Crippen molar-refractivity contribution in [3.63, 3.8) is 0 Å². The molecule has 2 aromatic carbocycles. The second kappa shape index (κ2) is 9.04. The minimum atomic E-state index is -0.594. The molecule has 0 saturated heterocycles. The summed E-state index contributed by atoms with van der Waals surface area (Å²) in [7, 11) is 0. The third kappa shape index (κ3) is 4.64. The number of rotatable bonds is 6. The summed E-state index contributed by atoms with van der Waals surface area (Å²) in [6.07, 6.45) is 1.48. The van der Waals surface area contributed by atoms with Gasteiger partial charge < -0.3 is 5.32 Å². The molecule has 4 rings (SSSR count). The molecule has 8 nitrogen and oxygen atoms in total. The first-order valence-electron chi connectivity index (χ1n) is 10.4. The molecular formula is C25H22N4O4. The van der Waals surface area contributed by atoms with Crippen molar-refractivity contribution >= 4 is 28.4 Å². The zero-order valence-electron chi connectivity index (χ0n) is 18.2. The van der Waals surface area contributed by atoms with Gasteiger partial charge in [0.15, 0.2) is 11.3 Å². The minimum absolute atomic E-state index is 0.0680. The van der Waals surface area contributed by atoms with Crippen LogP contribution >= 0.6 is 0 Å². The molecule has 166 valence electrons. The van der Waals surface area contributed by atoms with Crippen LogP contribution in [-0.2, 0) is 17.9 Å². The zero-order valence-corrected chi connectivity index (χ0v) is 18.2. The number of Topliss-reactive ketones (excluding diaryl/α,β-unsaturated/α-hetero) is 1. The fraction of sp³-hybridized carbons (Fsp3) is 0.160. The van der Waals surface area contributed by atoms with Crippen LogP contribution in [0.3, 0.4) is 0 Å². The molecule has 0 saturated carbocycles. The molecule has 0 aliphatic heterocycles. The molecule has 0 radical (unpaired) electrons. The van der Waals surface area contributed by atoms with E-state index in [4.69, 9.17) is 0 Å². The summed E-state index contributed by atoms with van der Waals surface area (Å²) in [5.41, 5.74) is 2.18. The van der Waals surface area contributed by atoms with E-state index in [-0.39, 0.29) is 29.9 Å². The summed E-state index contributed by atoms with van der Waals surface area (Å²) in [5, 5.41) is 2.72. The van der Waals surface area contributed by atoms with E-state index < -0.39 is 17.2 Å². The number of carbonyl (C=O) groups excluding carboxylic acids is 2. The minimum Gasteiger partial charge on any atom is -0.325 e. The number of hydrogen-bond acceptors (Lipinski definition) is 5. The maximum atomic E-state index is 13.3. The van der Waals surface area contributed by atoms with Gasteiger partial charge in [-0.1, -0.05) is 29.8 Å². The molecule has 4 aromatic rings. The Morgan fingerprint density at radius 2 is 1.64 bits per heavy atom. The van der Waals surface area contributed by atoms with Crippen LogP contribution < -0.4 is 16.6 Å². The van der Waals surface area contributed by atoms with Gasteiger partial charge in [0.05, 0.1) is 12.1 Å². The van der Waals surface area contributed by atoms with Crippen LogP contribution in [0, 0.1) is 6.92 Å². The van der Waals surface area contributed by atoms with Crippen molar-refractivity contribution in [1.82, 2.24) is 14.1 Å². The predicted molar refractivity (Wildman–Crippen MR) is 126 cm³/mol. The zero-order chi connectivity index (χ0) is 23.5. The predicted octanol–water partition coefficient (Wildman–Crippen LogP) is 2.76. The first-order chi connectivity index (χ1) is 15.8. The average Bonchev–Trinajstić information content (AvgIpc) is 2.81. The highest BCUT2D eigenvalue weighted by atomic mass is 16.2. The van der Waals surface area contributed by atoms with E-state index in [1.807, 2.05) is 31.2 Å². The maximum absolute atomic E-state index is 13.3. The second-order valence-electron chi connectivity index (χ2n) is 7.80. The van der Waals surface area contributed by atoms with Crippen LogP contribution in [-0.4, -0.2) is 25.8 Å². The summed E-state index contributed by atoms with van der Waals surface area (Å²) in [6, 6.07) is 17.2. The number of fused-ring (bicyclic) bond motifs is 1. The second-order valence-corrected chi connectivity index (χ2v) is 7.80. The highest BCUT2D eigenvalue weighted by molar-refractivity contribution is 5.95. The number of ketones is 1. The van der Waals surface area contributed by atoms with E-state index in [0.717, 1.165) is 15.7 Å². The molecule has 1 amide bonds. The maximum Gasteiger partial charge on any atom is 0.332 e. The van der Waals surface area contributed by atoms with E-state index in [1.165, 1.54) is 17.7 Å². The Balaban J connectivity index is 1.69. The molecule has 0 unspecified atom stereocenters. The Kier molecular flexibility index (Phi) is 5.99. The molecule has 0 aliphatic rings. The lowest BCUT2D eigenvalue weighted by molar-refractivity contribution is -0.116. The van der Waals surface area contributed by atoms with Gasteiger partial charge in [0.25, 0.3) is 5.56 Å². The fourth-order valence-electron chi connectivity index (χ4n) is 3.54. The molecule has 0 fully saturated rings. The van der Waals surface area contributed by atoms with Gasteiger partial charge in [-0.2, -0.15) is 0 Å². The number of anilines is 1. The standard InChI is InChI=1S/C25H22N4O4/c1-16-5-7-18(8-6-16)14-29-24(32)23-21(4-3-13-26-23)28(25(29)33)15-22(31)27-20-11-9-19(10-12-20)17(2)30/h3-13H,14-15H2,1-2H3,(H,27,31). The number of pyridine rings is 1. The summed E-state index contributed by atoms with van der Waals surface area (Å²) in [4.78, 5) is 54.6. The summed E-state index contributed by atoms with van der Waals surface area (Å²) in [5.74, 6) is -0.521. The quantitative estimate of drug-likeness (QED) is 0.463. The summed E-state index contributed by atoms with van der Waals surface area (Å²) >= 11 is 0. The van der Waals surface area contributed by atoms with Crippen molar-refractivity contribution in [3.05, 3.63) is 104 Å². The Bertz CT molecular complexity index is 1470. The van der Waals surface area contributed by atoms with Gasteiger partial charge in [-0.25, -0.2) is 9.78 Å². The number of carbonyl (C=O) groups is 2. The molecular weight excluding hydrogens is 420 g/mol. The molecule has 2 heterocycles. The number of aryl methyl sites for hydroxylation is 1. The first kappa shape index (κ1) is 21.9. The number of amides is 1. The molecule has 33 heavy (non-hydrogen) atoms. The number of benzene rings is 2. The Morgan fingerprint density at radius 1 is 0.939 bits per heavy atom. The molecule has 2 aromatic heterocycles. The third-order valence-electron chi connectivity index (χ3n) is 5.32. The number of aromatic nitrogens is 3. The van der Waals surface area contributed by atoms with Gasteiger partial charge in [0.2, 0.25) is 5.91 Å². The van der Waals surface area contributed by atoms with Crippen LogP contribution in [0.4, 0.5) is 5.69 Å². The molecule has 0 bridgehead atoms. The lowest BCUT2D eigenvalue weighted by Gasteiger charge is -2.14. The Morgan fingerprint density at radius 3 is 2.30 bits per heavy atom. The molecule has 0 spiro atoms. The van der Waals surface area contributed by atoms with Crippen molar-refractivity contribution < 1.29 is 9.59 Å². The fourth-order valence-corrected chi connectivity index (χ4v) is 3.54. The van der Waals surface area contributed by atoms with Crippen molar-refractivity contribution in [2.45, 2.75) is 26.9 Å². The number of hydrogen-bond donors (Lipinski definition) is 1. The van der Waals surface area contributed by atoms with Gasteiger partial charge in [-0.3, -0.25) is 23.5 Å². The lowest BCUT2D eigenvalue weighted by atomic mass is 10.1. The molecule has 1 N–H and O–H groups in total. The van der Waals surface area contributed by atoms with Crippen molar-refractivity contribution in [3.8, 4) is 0 Å². The van der Waals surface area contributed by atoms with Gasteiger partial charge >= 0.3 is 5.69 Å². The Labute approximate surface area is 189 Å². The normalized spacial score (nSPS) is 10.8. The van der Waals surface area contributed by atoms with Gasteiger partial charge in [0, 0.05) is 17.4 Å². The van der Waals surface area contributed by atoms with Crippen molar-refractivity contribution in [2.24, 2.45) is 0 Å². The van der Waals surface area contributed by atoms with E-state index >= 15 is 0 Å². The monoisotopic (exact) mass is 442 g/mol. The summed E-state index contributed by atoms with van der Waals surface area (Å²) < 4.78 is 2.34. The SMILES string of the molecule is CC(=O)c1ccc(NC(=O)Cn2c(=O)n(Cc3ccc(C)cc3)c(=O)c3ncccc32)cc1. The molecule has 8 heteroatoms. The topological polar surface area (TPSA) is 103 Å². The highest BCUT2D eigenvalue weighted by Crippen LogP contribution is 2.11. The van der Waals surface area contributed by atoms with Crippen LogP contribution in [0.5, 0.6) is 0 Å². The number of nitrogens with one attached hydrogen (secondary N) is 1. The first-order valence-corrected chi connectivity index (χ1v) is 10.4. The highest BCUT2D eigenvalue weighted by Gasteiger charge is 2.16. The van der Waals surface area contributed by atoms with E-state index in [0.29, 0.717) is 11.3 Å². The van der Waals surface area contributed by atoms with Crippen molar-refractivity contribution in [1.29, 1.82) is 0 Å². The average molecular weight is 442 g/mol.